The number of hydrogen-bond donors (Lipinski definition) is 2. The molecule has 1 aromatic heterocycles. The Morgan fingerprint density at radius 1 is 1.47 bits per heavy atom. The van der Waals surface area contributed by atoms with Crippen molar-refractivity contribution in [3.05, 3.63) is 30.0 Å². The van der Waals surface area contributed by atoms with E-state index in [1.165, 1.54) is 12.3 Å². The topological polar surface area (TPSA) is 70.7 Å². The van der Waals surface area contributed by atoms with Crippen LogP contribution < -0.4 is 0 Å². The highest BCUT2D eigenvalue weighted by atomic mass is 16.4. The van der Waals surface area contributed by atoms with Crippen molar-refractivity contribution in [1.29, 1.82) is 0 Å². The number of fused-ring (bicyclic) bond motifs is 1. The lowest BCUT2D eigenvalue weighted by Gasteiger charge is -2.03. The molecule has 0 spiro atoms. The number of carbonyl (C=O) groups is 1. The molecule has 1 heterocycles. The molecule has 0 saturated heterocycles. The zero-order chi connectivity index (χ0) is 11.0. The number of phenols is 1. The molecule has 0 amide bonds. The summed E-state index contributed by atoms with van der Waals surface area (Å²) in [6.45, 7) is 1.55. The Kier molecular flexibility index (Phi) is 2.11. The third-order valence-corrected chi connectivity index (χ3v) is 2.44. The van der Waals surface area contributed by atoms with Crippen molar-refractivity contribution in [3.8, 4) is 5.75 Å². The Labute approximate surface area is 85.8 Å². The minimum atomic E-state index is -0.944. The number of furan rings is 1. The van der Waals surface area contributed by atoms with Crippen LogP contribution in [0.2, 0.25) is 0 Å². The summed E-state index contributed by atoms with van der Waals surface area (Å²) in [5, 5.41) is 19.0. The van der Waals surface area contributed by atoms with Crippen LogP contribution in [0.1, 0.15) is 18.4 Å². The van der Waals surface area contributed by atoms with Gasteiger partial charge in [-0.25, -0.2) is 0 Å². The second kappa shape index (κ2) is 3.31. The number of hydrogen-bond acceptors (Lipinski definition) is 3. The van der Waals surface area contributed by atoms with E-state index in [1.54, 1.807) is 19.1 Å². The Bertz CT molecular complexity index is 512. The SMILES string of the molecule is CC(C(=O)O)c1coc2cccc(O)c12. The highest BCUT2D eigenvalue weighted by Crippen LogP contribution is 2.33. The van der Waals surface area contributed by atoms with E-state index in [9.17, 15) is 9.90 Å². The molecule has 4 nitrogen and oxygen atoms in total. The molecule has 0 aliphatic heterocycles. The highest BCUT2D eigenvalue weighted by Gasteiger charge is 2.20. The summed E-state index contributed by atoms with van der Waals surface area (Å²) in [4.78, 5) is 10.8. The zero-order valence-electron chi connectivity index (χ0n) is 8.10. The molecule has 15 heavy (non-hydrogen) atoms. The lowest BCUT2D eigenvalue weighted by molar-refractivity contribution is -0.138. The lowest BCUT2D eigenvalue weighted by Crippen LogP contribution is -2.06. The fourth-order valence-corrected chi connectivity index (χ4v) is 1.55. The number of aliphatic carboxylic acids is 1. The molecule has 0 fully saturated rings. The van der Waals surface area contributed by atoms with Crippen molar-refractivity contribution in [3.63, 3.8) is 0 Å². The minimum Gasteiger partial charge on any atom is -0.507 e. The molecule has 0 aliphatic rings. The highest BCUT2D eigenvalue weighted by molar-refractivity contribution is 5.91. The Balaban J connectivity index is 2.67. The fourth-order valence-electron chi connectivity index (χ4n) is 1.55. The van der Waals surface area contributed by atoms with Crippen LogP contribution in [0.5, 0.6) is 5.75 Å². The monoisotopic (exact) mass is 206 g/mol. The van der Waals surface area contributed by atoms with Gasteiger partial charge in [-0.15, -0.1) is 0 Å². The van der Waals surface area contributed by atoms with E-state index in [2.05, 4.69) is 0 Å². The summed E-state index contributed by atoms with van der Waals surface area (Å²) < 4.78 is 5.18. The van der Waals surface area contributed by atoms with Crippen molar-refractivity contribution in [2.24, 2.45) is 0 Å². The van der Waals surface area contributed by atoms with Gasteiger partial charge >= 0.3 is 5.97 Å². The summed E-state index contributed by atoms with van der Waals surface area (Å²) in [5.74, 6) is -1.59. The molecule has 0 aliphatic carbocycles. The molecule has 2 N–H and O–H groups in total. The normalized spacial score (nSPS) is 12.9. The van der Waals surface area contributed by atoms with Crippen LogP contribution >= 0.6 is 0 Å². The zero-order valence-corrected chi connectivity index (χ0v) is 8.10. The van der Waals surface area contributed by atoms with Gasteiger partial charge in [-0.1, -0.05) is 6.07 Å². The molecule has 2 aromatic rings. The first-order valence-electron chi connectivity index (χ1n) is 4.53. The maximum absolute atomic E-state index is 10.8. The van der Waals surface area contributed by atoms with E-state index >= 15 is 0 Å². The molecule has 2 rings (SSSR count). The fraction of sp³-hybridized carbons (Fsp3) is 0.182. The van der Waals surface area contributed by atoms with Crippen molar-refractivity contribution < 1.29 is 19.4 Å². The summed E-state index contributed by atoms with van der Waals surface area (Å²) in [7, 11) is 0. The largest absolute Gasteiger partial charge is 0.507 e. The van der Waals surface area contributed by atoms with Gasteiger partial charge in [0.05, 0.1) is 17.6 Å². The summed E-state index contributed by atoms with van der Waals surface area (Å²) >= 11 is 0. The molecule has 78 valence electrons. The van der Waals surface area contributed by atoms with E-state index < -0.39 is 11.9 Å². The van der Waals surface area contributed by atoms with Gasteiger partial charge in [0.15, 0.2) is 0 Å². The van der Waals surface area contributed by atoms with Crippen LogP contribution in [0.25, 0.3) is 11.0 Å². The molecule has 1 aromatic carbocycles. The smallest absolute Gasteiger partial charge is 0.310 e. The van der Waals surface area contributed by atoms with E-state index in [0.717, 1.165) is 0 Å². The van der Waals surface area contributed by atoms with Crippen molar-refractivity contribution in [2.45, 2.75) is 12.8 Å². The number of carboxylic acid groups (broad SMARTS) is 1. The first-order valence-corrected chi connectivity index (χ1v) is 4.53. The van der Waals surface area contributed by atoms with Crippen LogP contribution in [0.4, 0.5) is 0 Å². The maximum atomic E-state index is 10.8. The van der Waals surface area contributed by atoms with Crippen LogP contribution in [-0.4, -0.2) is 16.2 Å². The predicted octanol–water partition coefficient (Wildman–Crippen LogP) is 2.33. The number of carboxylic acids is 1. The van der Waals surface area contributed by atoms with Gasteiger partial charge < -0.3 is 14.6 Å². The Morgan fingerprint density at radius 3 is 2.87 bits per heavy atom. The Morgan fingerprint density at radius 2 is 2.20 bits per heavy atom. The van der Waals surface area contributed by atoms with E-state index in [0.29, 0.717) is 16.5 Å². The molecule has 0 saturated carbocycles. The third kappa shape index (κ3) is 1.44. The van der Waals surface area contributed by atoms with Crippen LogP contribution in [0.3, 0.4) is 0 Å². The first kappa shape index (κ1) is 9.58. The number of rotatable bonds is 2. The molecule has 4 heteroatoms. The van der Waals surface area contributed by atoms with Gasteiger partial charge in [-0.05, 0) is 19.1 Å². The van der Waals surface area contributed by atoms with Gasteiger partial charge in [0.1, 0.15) is 11.3 Å². The molecular formula is C11H10O4. The standard InChI is InChI=1S/C11H10O4/c1-6(11(13)14)7-5-15-9-4-2-3-8(12)10(7)9/h2-6,12H,1H3,(H,13,14). The molecule has 1 unspecified atom stereocenters. The summed E-state index contributed by atoms with van der Waals surface area (Å²) in [6, 6.07) is 4.85. The minimum absolute atomic E-state index is 0.0457. The lowest BCUT2D eigenvalue weighted by atomic mass is 10.0. The number of phenolic OH excluding ortho intramolecular Hbond substituents is 1. The van der Waals surface area contributed by atoms with Gasteiger partial charge in [0.25, 0.3) is 0 Å². The predicted molar refractivity (Wildman–Crippen MR) is 53.9 cm³/mol. The van der Waals surface area contributed by atoms with E-state index in [4.69, 9.17) is 9.52 Å². The van der Waals surface area contributed by atoms with E-state index in [-0.39, 0.29) is 5.75 Å². The van der Waals surface area contributed by atoms with Crippen LogP contribution in [-0.2, 0) is 4.79 Å². The van der Waals surface area contributed by atoms with Gasteiger partial charge in [-0.3, -0.25) is 4.79 Å². The second-order valence-corrected chi connectivity index (χ2v) is 3.40. The average Bonchev–Trinajstić information content (AvgIpc) is 2.61. The number of aromatic hydroxyl groups is 1. The molecule has 1 atom stereocenters. The van der Waals surface area contributed by atoms with Gasteiger partial charge in [0, 0.05) is 5.56 Å². The molecule has 0 radical (unpaired) electrons. The Hall–Kier alpha value is -1.97. The maximum Gasteiger partial charge on any atom is 0.310 e. The quantitative estimate of drug-likeness (QED) is 0.791. The second-order valence-electron chi connectivity index (χ2n) is 3.40. The number of benzene rings is 1. The third-order valence-electron chi connectivity index (χ3n) is 2.44. The first-order chi connectivity index (χ1) is 7.11. The van der Waals surface area contributed by atoms with Gasteiger partial charge in [-0.2, -0.15) is 0 Å². The summed E-state index contributed by atoms with van der Waals surface area (Å²) in [6.07, 6.45) is 1.38. The van der Waals surface area contributed by atoms with Crippen molar-refractivity contribution in [1.82, 2.24) is 0 Å². The van der Waals surface area contributed by atoms with E-state index in [1.807, 2.05) is 0 Å². The average molecular weight is 206 g/mol. The molecule has 0 bridgehead atoms. The molecular weight excluding hydrogens is 196 g/mol. The van der Waals surface area contributed by atoms with Crippen LogP contribution in [0.15, 0.2) is 28.9 Å². The van der Waals surface area contributed by atoms with Crippen molar-refractivity contribution >= 4 is 16.9 Å². The van der Waals surface area contributed by atoms with Crippen LogP contribution in [0, 0.1) is 0 Å². The van der Waals surface area contributed by atoms with Gasteiger partial charge in [0.2, 0.25) is 0 Å². The summed E-state index contributed by atoms with van der Waals surface area (Å²) in [5.41, 5.74) is 0.994. The van der Waals surface area contributed by atoms with Crippen molar-refractivity contribution in [2.75, 3.05) is 0 Å².